The summed E-state index contributed by atoms with van der Waals surface area (Å²) in [7, 11) is 0. The van der Waals surface area contributed by atoms with Crippen molar-refractivity contribution in [2.24, 2.45) is 5.73 Å². The van der Waals surface area contributed by atoms with Crippen LogP contribution in [-0.4, -0.2) is 42.6 Å². The highest BCUT2D eigenvalue weighted by atomic mass is 16.5. The molecular formula is C17H23N3O3. The summed E-state index contributed by atoms with van der Waals surface area (Å²) in [5.41, 5.74) is 6.55. The van der Waals surface area contributed by atoms with Crippen LogP contribution >= 0.6 is 0 Å². The van der Waals surface area contributed by atoms with E-state index in [0.29, 0.717) is 31.8 Å². The van der Waals surface area contributed by atoms with Gasteiger partial charge in [-0.2, -0.15) is 0 Å². The van der Waals surface area contributed by atoms with E-state index in [1.54, 1.807) is 24.3 Å². The Balaban J connectivity index is 1.85. The quantitative estimate of drug-likeness (QED) is 0.786. The molecule has 1 aliphatic rings. The Morgan fingerprint density at radius 3 is 2.78 bits per heavy atom. The van der Waals surface area contributed by atoms with Gasteiger partial charge in [0.25, 0.3) is 0 Å². The van der Waals surface area contributed by atoms with E-state index < -0.39 is 6.03 Å². The van der Waals surface area contributed by atoms with Crippen molar-refractivity contribution in [3.63, 3.8) is 0 Å². The number of hydrogen-bond acceptors (Lipinski definition) is 3. The maximum absolute atomic E-state index is 12.4. The minimum atomic E-state index is -0.616. The van der Waals surface area contributed by atoms with Gasteiger partial charge in [-0.1, -0.05) is 18.2 Å². The zero-order chi connectivity index (χ0) is 16.7. The van der Waals surface area contributed by atoms with Gasteiger partial charge in [-0.25, -0.2) is 4.79 Å². The van der Waals surface area contributed by atoms with Gasteiger partial charge in [-0.3, -0.25) is 4.79 Å². The molecule has 1 heterocycles. The zero-order valence-electron chi connectivity index (χ0n) is 13.2. The van der Waals surface area contributed by atoms with Gasteiger partial charge in [0.05, 0.1) is 19.1 Å². The molecule has 6 heteroatoms. The molecule has 0 saturated carbocycles. The summed E-state index contributed by atoms with van der Waals surface area (Å²) in [6, 6.07) is 6.55. The van der Waals surface area contributed by atoms with Gasteiger partial charge < -0.3 is 20.7 Å². The smallest absolute Gasteiger partial charge is 0.316 e. The lowest BCUT2D eigenvalue weighted by molar-refractivity contribution is -0.132. The summed E-state index contributed by atoms with van der Waals surface area (Å²) < 4.78 is 5.62. The van der Waals surface area contributed by atoms with E-state index in [1.165, 1.54) is 0 Å². The van der Waals surface area contributed by atoms with E-state index in [9.17, 15) is 9.59 Å². The van der Waals surface area contributed by atoms with Gasteiger partial charge in [0, 0.05) is 18.8 Å². The number of nitrogens with two attached hydrogens (primary N) is 1. The molecule has 1 fully saturated rings. The van der Waals surface area contributed by atoms with Gasteiger partial charge in [0.2, 0.25) is 5.91 Å². The number of carbonyl (C=O) groups excluding carboxylic acids is 2. The molecule has 1 aromatic carbocycles. The number of hydrogen-bond donors (Lipinski definition) is 2. The molecule has 1 aliphatic heterocycles. The Hall–Kier alpha value is -2.34. The van der Waals surface area contributed by atoms with Crippen molar-refractivity contribution in [1.82, 2.24) is 4.90 Å². The van der Waals surface area contributed by atoms with Crippen LogP contribution in [0.15, 0.2) is 36.9 Å². The van der Waals surface area contributed by atoms with Crippen LogP contribution in [0.1, 0.15) is 18.4 Å². The highest BCUT2D eigenvalue weighted by molar-refractivity contribution is 5.88. The van der Waals surface area contributed by atoms with Crippen molar-refractivity contribution in [3.8, 4) is 0 Å². The van der Waals surface area contributed by atoms with Crippen LogP contribution in [0.5, 0.6) is 0 Å². The molecule has 2 rings (SSSR count). The number of primary amides is 1. The number of amides is 3. The summed E-state index contributed by atoms with van der Waals surface area (Å²) in [6.07, 6.45) is 3.96. The number of nitrogens with zero attached hydrogens (tertiary/aromatic N) is 1. The number of likely N-dealkylation sites (tertiary alicyclic amines) is 1. The van der Waals surface area contributed by atoms with E-state index in [-0.39, 0.29) is 12.0 Å². The minimum Gasteiger partial charge on any atom is -0.374 e. The van der Waals surface area contributed by atoms with E-state index in [4.69, 9.17) is 10.5 Å². The summed E-state index contributed by atoms with van der Waals surface area (Å²) in [5, 5.41) is 2.51. The first-order valence-electron chi connectivity index (χ1n) is 7.74. The van der Waals surface area contributed by atoms with Crippen molar-refractivity contribution >= 4 is 17.6 Å². The molecule has 6 nitrogen and oxygen atoms in total. The molecule has 1 aromatic rings. The summed E-state index contributed by atoms with van der Waals surface area (Å²) in [6.45, 7) is 5.61. The second-order valence-electron chi connectivity index (χ2n) is 5.57. The topological polar surface area (TPSA) is 84.7 Å². The van der Waals surface area contributed by atoms with Crippen molar-refractivity contribution in [2.75, 3.05) is 25.0 Å². The third-order valence-corrected chi connectivity index (χ3v) is 3.79. The van der Waals surface area contributed by atoms with E-state index in [2.05, 4.69) is 11.9 Å². The van der Waals surface area contributed by atoms with Gasteiger partial charge in [-0.05, 0) is 30.5 Å². The van der Waals surface area contributed by atoms with Crippen LogP contribution in [-0.2, 0) is 16.0 Å². The first kappa shape index (κ1) is 17.0. The average Bonchev–Trinajstić information content (AvgIpc) is 2.53. The van der Waals surface area contributed by atoms with Crippen LogP contribution in [0.2, 0.25) is 0 Å². The normalized spacial score (nSPS) is 15.2. The fourth-order valence-electron chi connectivity index (χ4n) is 2.66. The number of anilines is 1. The zero-order valence-corrected chi connectivity index (χ0v) is 13.2. The highest BCUT2D eigenvalue weighted by Gasteiger charge is 2.23. The van der Waals surface area contributed by atoms with Crippen LogP contribution < -0.4 is 11.1 Å². The lowest BCUT2D eigenvalue weighted by Crippen LogP contribution is -2.41. The Kier molecular flexibility index (Phi) is 6.17. The SMILES string of the molecule is C=CCOC1CCN(C(=O)Cc2cccc(NC(N)=O)c2)CC1. The maximum Gasteiger partial charge on any atom is 0.316 e. The molecule has 0 aromatic heterocycles. The molecule has 3 N–H and O–H groups in total. The van der Waals surface area contributed by atoms with Crippen molar-refractivity contribution in [2.45, 2.75) is 25.4 Å². The van der Waals surface area contributed by atoms with E-state index in [0.717, 1.165) is 18.4 Å². The van der Waals surface area contributed by atoms with Crippen molar-refractivity contribution in [1.29, 1.82) is 0 Å². The van der Waals surface area contributed by atoms with Crippen LogP contribution in [0, 0.1) is 0 Å². The van der Waals surface area contributed by atoms with Crippen molar-refractivity contribution in [3.05, 3.63) is 42.5 Å². The first-order chi connectivity index (χ1) is 11.1. The number of piperidine rings is 1. The minimum absolute atomic E-state index is 0.0865. The monoisotopic (exact) mass is 317 g/mol. The summed E-state index contributed by atoms with van der Waals surface area (Å²) in [5.74, 6) is 0.0865. The van der Waals surface area contributed by atoms with Gasteiger partial charge >= 0.3 is 6.03 Å². The predicted octanol–water partition coefficient (Wildman–Crippen LogP) is 1.91. The highest BCUT2D eigenvalue weighted by Crippen LogP contribution is 2.16. The molecule has 0 unspecified atom stereocenters. The molecule has 0 spiro atoms. The summed E-state index contributed by atoms with van der Waals surface area (Å²) >= 11 is 0. The number of ether oxygens (including phenoxy) is 1. The standard InChI is InChI=1S/C17H23N3O3/c1-2-10-23-15-6-8-20(9-7-15)16(21)12-13-4-3-5-14(11-13)19-17(18)22/h2-5,11,15H,1,6-10,12H2,(H3,18,19,22). The fraction of sp³-hybridized carbons (Fsp3) is 0.412. The Morgan fingerprint density at radius 1 is 1.39 bits per heavy atom. The van der Waals surface area contributed by atoms with Crippen LogP contribution in [0.3, 0.4) is 0 Å². The Bertz CT molecular complexity index is 566. The number of nitrogens with one attached hydrogen (secondary N) is 1. The lowest BCUT2D eigenvalue weighted by Gasteiger charge is -2.32. The number of urea groups is 1. The lowest BCUT2D eigenvalue weighted by atomic mass is 10.1. The first-order valence-corrected chi connectivity index (χ1v) is 7.74. The van der Waals surface area contributed by atoms with Gasteiger partial charge in [0.15, 0.2) is 0 Å². The fourth-order valence-corrected chi connectivity index (χ4v) is 2.66. The van der Waals surface area contributed by atoms with Crippen LogP contribution in [0.25, 0.3) is 0 Å². The molecule has 3 amide bonds. The molecule has 124 valence electrons. The van der Waals surface area contributed by atoms with E-state index >= 15 is 0 Å². The number of benzene rings is 1. The maximum atomic E-state index is 12.4. The molecule has 0 bridgehead atoms. The third kappa shape index (κ3) is 5.41. The van der Waals surface area contributed by atoms with Crippen molar-refractivity contribution < 1.29 is 14.3 Å². The predicted molar refractivity (Wildman–Crippen MR) is 89.1 cm³/mol. The van der Waals surface area contributed by atoms with Gasteiger partial charge in [-0.15, -0.1) is 6.58 Å². The molecule has 23 heavy (non-hydrogen) atoms. The molecule has 0 aliphatic carbocycles. The third-order valence-electron chi connectivity index (χ3n) is 3.79. The second-order valence-corrected chi connectivity index (χ2v) is 5.57. The van der Waals surface area contributed by atoms with Gasteiger partial charge in [0.1, 0.15) is 0 Å². The number of carbonyl (C=O) groups is 2. The summed E-state index contributed by atoms with van der Waals surface area (Å²) in [4.78, 5) is 25.1. The molecule has 0 atom stereocenters. The Labute approximate surface area is 136 Å². The average molecular weight is 317 g/mol. The van der Waals surface area contributed by atoms with Crippen LogP contribution in [0.4, 0.5) is 10.5 Å². The molecular weight excluding hydrogens is 294 g/mol. The number of rotatable bonds is 6. The van der Waals surface area contributed by atoms with E-state index in [1.807, 2.05) is 11.0 Å². The Morgan fingerprint density at radius 2 is 2.13 bits per heavy atom. The second kappa shape index (κ2) is 8.33. The molecule has 0 radical (unpaired) electrons. The molecule has 1 saturated heterocycles. The largest absolute Gasteiger partial charge is 0.374 e.